The van der Waals surface area contributed by atoms with Crippen molar-refractivity contribution in [3.05, 3.63) is 241 Å². The predicted molar refractivity (Wildman–Crippen MR) is 441 cm³/mol. The Labute approximate surface area is 697 Å². The molecule has 5 nitrogen and oxygen atoms in total. The molecule has 5 radical (unpaired) electrons. The van der Waals surface area contributed by atoms with Gasteiger partial charge in [-0.05, 0) is 104 Å². The molecule has 0 saturated heterocycles. The Bertz CT molecular complexity index is 3930. The maximum absolute atomic E-state index is 4.95. The molecule has 0 aliphatic carbocycles. The minimum Gasteiger partial charge on any atom is -0.305 e. The van der Waals surface area contributed by atoms with E-state index in [2.05, 4.69) is 292 Å². The normalized spacial score (nSPS) is 11.2. The van der Waals surface area contributed by atoms with Crippen molar-refractivity contribution in [1.29, 1.82) is 0 Å². The first kappa shape index (κ1) is 97.2. The van der Waals surface area contributed by atoms with Gasteiger partial charge in [0.25, 0.3) is 0 Å². The molecule has 563 valence electrons. The summed E-state index contributed by atoms with van der Waals surface area (Å²) in [6.07, 6.45) is 14.0. The van der Waals surface area contributed by atoms with Gasteiger partial charge in [-0.3, -0.25) is 0 Å². The molecule has 15 heteroatoms. The van der Waals surface area contributed by atoms with Crippen LogP contribution in [0.4, 0.5) is 0 Å². The van der Waals surface area contributed by atoms with E-state index in [4.69, 9.17) is 19.9 Å². The van der Waals surface area contributed by atoms with Crippen LogP contribution in [0.5, 0.6) is 0 Å². The monoisotopic (exact) mass is 2350 g/mol. The molecule has 0 bridgehead atoms. The molecular formula is C88H116Ir5N5Si5-5. The van der Waals surface area contributed by atoms with E-state index in [1.165, 1.54) is 54.0 Å². The topological polar surface area (TPSA) is 64.5 Å². The molecule has 0 N–H and O–H groups in total. The molecule has 0 amide bonds. The standard InChI is InChI=1S/3C18H24NSi.2C17H22NSi.5Ir/c1-14(2)11-16-12-17(15-9-7-6-8-10-15)19-13-18(16)20(3,4)5;1-14(2)11-16-12-17(20(3,4)5)13-19-18(16)15-9-7-6-8-10-15;1-14(2)13-17-18(20(3,4)5)12-11-16(19-17)15-9-7-6-8-10-15;1-5-9-15-12-16(19(2,3)4)13-18-17(15)14-10-7-6-8-11-14;1-5-9-16-17(19(2,3)4)13-12-15(18-16)14-10-7-6-8-11-14;;;;;/h2*6-9,12-14H,11H2,1-5H3;6-9,11-12,14H,13H2,1-5H3;2*6-8,10,12-13H,5,9H2,1-4H3;;;;;/q5*-1;;;;;. The van der Waals surface area contributed by atoms with Crippen molar-refractivity contribution in [3.8, 4) is 56.3 Å². The summed E-state index contributed by atoms with van der Waals surface area (Å²) in [6, 6.07) is 72.7. The number of aryl methyl sites for hydroxylation is 2. The number of hydrogen-bond donors (Lipinski definition) is 0. The fourth-order valence-electron chi connectivity index (χ4n) is 11.7. The van der Waals surface area contributed by atoms with Crippen molar-refractivity contribution >= 4 is 66.3 Å². The van der Waals surface area contributed by atoms with E-state index in [0.717, 1.165) is 101 Å². The van der Waals surface area contributed by atoms with Crippen LogP contribution in [0.1, 0.15) is 96.3 Å². The largest absolute Gasteiger partial charge is 0.305 e. The zero-order valence-corrected chi connectivity index (χ0v) is 82.9. The van der Waals surface area contributed by atoms with Crippen molar-refractivity contribution in [1.82, 2.24) is 24.9 Å². The van der Waals surface area contributed by atoms with E-state index < -0.39 is 40.4 Å². The number of hydrogen-bond acceptors (Lipinski definition) is 5. The van der Waals surface area contributed by atoms with Gasteiger partial charge < -0.3 is 24.9 Å². The first-order valence-corrected chi connectivity index (χ1v) is 53.5. The molecular weight excluding hydrogens is 2230 g/mol. The van der Waals surface area contributed by atoms with Crippen LogP contribution in [0.3, 0.4) is 0 Å². The van der Waals surface area contributed by atoms with Crippen LogP contribution < -0.4 is 25.9 Å². The van der Waals surface area contributed by atoms with Crippen molar-refractivity contribution < 1.29 is 101 Å². The second kappa shape index (κ2) is 45.9. The van der Waals surface area contributed by atoms with E-state index in [1.807, 2.05) is 78.9 Å². The Balaban J connectivity index is 0.000000636. The van der Waals surface area contributed by atoms with E-state index in [-0.39, 0.29) is 101 Å². The van der Waals surface area contributed by atoms with Gasteiger partial charge in [0.2, 0.25) is 0 Å². The summed E-state index contributed by atoms with van der Waals surface area (Å²) in [5.41, 5.74) is 17.6. The fraction of sp³-hybridized carbons (Fsp3) is 0.375. The van der Waals surface area contributed by atoms with Crippen LogP contribution in [-0.4, -0.2) is 65.3 Å². The maximum atomic E-state index is 4.95. The molecule has 0 unspecified atom stereocenters. The number of nitrogens with zero attached hydrogens (tertiary/aromatic N) is 5. The van der Waals surface area contributed by atoms with Gasteiger partial charge in [-0.25, -0.2) is 0 Å². The van der Waals surface area contributed by atoms with E-state index in [9.17, 15) is 0 Å². The molecule has 0 saturated carbocycles. The summed E-state index contributed by atoms with van der Waals surface area (Å²) in [5.74, 6) is 1.93. The van der Waals surface area contributed by atoms with E-state index in [0.29, 0.717) is 17.8 Å². The molecule has 0 aliphatic rings. The van der Waals surface area contributed by atoms with Crippen LogP contribution in [-0.2, 0) is 133 Å². The van der Waals surface area contributed by atoms with Gasteiger partial charge >= 0.3 is 0 Å². The Kier molecular flexibility index (Phi) is 43.3. The Morgan fingerprint density at radius 2 is 0.650 bits per heavy atom. The average molecular weight is 2350 g/mol. The summed E-state index contributed by atoms with van der Waals surface area (Å²) in [4.78, 5) is 24.1. The first-order chi connectivity index (χ1) is 46.2. The third-order valence-electron chi connectivity index (χ3n) is 16.8. The van der Waals surface area contributed by atoms with Crippen LogP contribution in [0.2, 0.25) is 98.2 Å². The summed E-state index contributed by atoms with van der Waals surface area (Å²) >= 11 is 0. The summed E-state index contributed by atoms with van der Waals surface area (Å²) < 4.78 is 0. The minimum atomic E-state index is -1.34. The zero-order valence-electron chi connectivity index (χ0n) is 65.9. The molecule has 5 aromatic heterocycles. The third-order valence-corrected chi connectivity index (χ3v) is 27.0. The molecule has 5 heterocycles. The molecule has 10 aromatic rings. The first-order valence-electron chi connectivity index (χ1n) is 36.0. The summed E-state index contributed by atoms with van der Waals surface area (Å²) in [7, 11) is -6.60. The molecule has 0 spiro atoms. The molecule has 103 heavy (non-hydrogen) atoms. The summed E-state index contributed by atoms with van der Waals surface area (Å²) in [6.45, 7) is 53.8. The number of pyridine rings is 5. The smallest absolute Gasteiger partial charge is 0.0799 e. The second-order valence-electron chi connectivity index (χ2n) is 32.5. The van der Waals surface area contributed by atoms with Crippen molar-refractivity contribution in [2.24, 2.45) is 17.8 Å². The van der Waals surface area contributed by atoms with Gasteiger partial charge in [0.15, 0.2) is 0 Å². The zero-order chi connectivity index (χ0) is 72.0. The van der Waals surface area contributed by atoms with Crippen LogP contribution in [0.15, 0.2) is 182 Å². The third kappa shape index (κ3) is 31.7. The quantitative estimate of drug-likeness (QED) is 0.0562. The van der Waals surface area contributed by atoms with Gasteiger partial charge in [-0.15, -0.1) is 179 Å². The number of aromatic nitrogens is 5. The second-order valence-corrected chi connectivity index (χ2v) is 57.8. The van der Waals surface area contributed by atoms with Crippen LogP contribution in [0.25, 0.3) is 56.3 Å². The van der Waals surface area contributed by atoms with Crippen LogP contribution in [0, 0.1) is 48.1 Å². The average Bonchev–Trinajstić information content (AvgIpc) is 0.838. The van der Waals surface area contributed by atoms with Gasteiger partial charge in [0.05, 0.1) is 40.4 Å². The fourth-order valence-corrected chi connectivity index (χ4v) is 18.6. The predicted octanol–water partition coefficient (Wildman–Crippen LogP) is 21.0. The number of benzene rings is 5. The molecule has 10 rings (SSSR count). The minimum absolute atomic E-state index is 0. The molecule has 0 aliphatic heterocycles. The number of rotatable bonds is 20. The van der Waals surface area contributed by atoms with Crippen LogP contribution >= 0.6 is 0 Å². The Morgan fingerprint density at radius 1 is 0.311 bits per heavy atom. The van der Waals surface area contributed by atoms with Crippen molar-refractivity contribution in [2.75, 3.05) is 0 Å². The van der Waals surface area contributed by atoms with Gasteiger partial charge in [0.1, 0.15) is 0 Å². The van der Waals surface area contributed by atoms with Gasteiger partial charge in [-0.1, -0.05) is 226 Å². The molecule has 0 fully saturated rings. The van der Waals surface area contributed by atoms with Gasteiger partial charge in [-0.2, -0.15) is 0 Å². The Hall–Kier alpha value is -3.82. The molecule has 5 aromatic carbocycles. The van der Waals surface area contributed by atoms with Crippen molar-refractivity contribution in [2.45, 2.75) is 199 Å². The summed E-state index contributed by atoms with van der Waals surface area (Å²) in [5, 5.41) is 7.36. The maximum Gasteiger partial charge on any atom is 0.0799 e. The van der Waals surface area contributed by atoms with Gasteiger partial charge in [0, 0.05) is 131 Å². The van der Waals surface area contributed by atoms with E-state index in [1.54, 1.807) is 0 Å². The van der Waals surface area contributed by atoms with E-state index >= 15 is 0 Å². The molecule has 0 atom stereocenters. The Morgan fingerprint density at radius 3 is 1.00 bits per heavy atom. The SMILES string of the molecule is CC(C)Cc1cc(-c2[c-]cccc2)ncc1[Si](C)(C)C.CC(C)Cc1cc([Si](C)(C)C)cnc1-c1[c-]cccc1.CC(C)Cc1nc(-c2[c-]cccc2)ccc1[Si](C)(C)C.CCCc1cc([Si](C)(C)C)cnc1-c1[c-]cccc1.CCCc1nc(-c2[c-]cccc2)ccc1[Si](C)(C)C.[Ir].[Ir].[Ir].[Ir].[Ir]. The van der Waals surface area contributed by atoms with Crippen molar-refractivity contribution in [3.63, 3.8) is 0 Å².